The van der Waals surface area contributed by atoms with E-state index in [0.29, 0.717) is 16.7 Å². The molecule has 1 saturated heterocycles. The van der Waals surface area contributed by atoms with Gasteiger partial charge in [0.2, 0.25) is 0 Å². The molecule has 10 heteroatoms. The maximum atomic E-state index is 13.6. The summed E-state index contributed by atoms with van der Waals surface area (Å²) in [6.07, 6.45) is -8.34. The van der Waals surface area contributed by atoms with Gasteiger partial charge in [-0.15, -0.1) is 0 Å². The first-order valence-corrected chi connectivity index (χ1v) is 11.0. The number of alkyl halides is 6. The quantitative estimate of drug-likeness (QED) is 0.321. The van der Waals surface area contributed by atoms with E-state index in [-0.39, 0.29) is 6.04 Å². The van der Waals surface area contributed by atoms with Crippen molar-refractivity contribution in [3.8, 4) is 0 Å². The van der Waals surface area contributed by atoms with E-state index >= 15 is 0 Å². The van der Waals surface area contributed by atoms with Crippen LogP contribution in [0.15, 0.2) is 46.2 Å². The Labute approximate surface area is 188 Å². The number of nitrogens with zero attached hydrogens (tertiary/aromatic N) is 1. The summed E-state index contributed by atoms with van der Waals surface area (Å²) in [6, 6.07) is 9.18. The fourth-order valence-corrected chi connectivity index (χ4v) is 5.16. The lowest BCUT2D eigenvalue weighted by molar-refractivity contribution is -0.164. The number of halogens is 7. The highest BCUT2D eigenvalue weighted by atomic mass is 127. The predicted molar refractivity (Wildman–Crippen MR) is 114 cm³/mol. The van der Waals surface area contributed by atoms with E-state index in [9.17, 15) is 26.3 Å². The normalized spacial score (nSPS) is 16.7. The Bertz CT molecular complexity index is 892. The lowest BCUT2D eigenvalue weighted by Crippen LogP contribution is -2.36. The Morgan fingerprint density at radius 3 is 2.20 bits per heavy atom. The van der Waals surface area contributed by atoms with Crippen LogP contribution in [0.3, 0.4) is 0 Å². The first-order chi connectivity index (χ1) is 13.9. The molecule has 0 aliphatic carbocycles. The van der Waals surface area contributed by atoms with Crippen LogP contribution >= 0.6 is 34.4 Å². The van der Waals surface area contributed by atoms with E-state index in [4.69, 9.17) is 0 Å². The van der Waals surface area contributed by atoms with E-state index < -0.39 is 31.9 Å². The van der Waals surface area contributed by atoms with Gasteiger partial charge in [-0.25, -0.2) is 0 Å². The fraction of sp³-hybridized carbons (Fsp3) is 0.400. The smallest absolute Gasteiger partial charge is 0.382 e. The molecule has 30 heavy (non-hydrogen) atoms. The summed E-state index contributed by atoms with van der Waals surface area (Å²) < 4.78 is 80.5. The summed E-state index contributed by atoms with van der Waals surface area (Å²) in [6.45, 7) is 1.90. The third-order valence-corrected chi connectivity index (χ3v) is 6.78. The number of hydrogen-bond donors (Lipinski definition) is 1. The molecule has 0 bridgehead atoms. The largest absolute Gasteiger partial charge is 0.418 e. The van der Waals surface area contributed by atoms with Gasteiger partial charge < -0.3 is 10.2 Å². The van der Waals surface area contributed by atoms with Crippen molar-refractivity contribution < 1.29 is 26.3 Å². The molecule has 1 fully saturated rings. The van der Waals surface area contributed by atoms with E-state index in [1.807, 2.05) is 13.1 Å². The monoisotopic (exact) mass is 560 g/mol. The predicted octanol–water partition coefficient (Wildman–Crippen LogP) is 6.99. The molecule has 1 aliphatic heterocycles. The second-order valence-electron chi connectivity index (χ2n) is 7.14. The summed E-state index contributed by atoms with van der Waals surface area (Å²) in [5.41, 5.74) is -2.54. The molecule has 1 aliphatic rings. The van der Waals surface area contributed by atoms with Gasteiger partial charge in [-0.05, 0) is 85.9 Å². The maximum absolute atomic E-state index is 13.6. The van der Waals surface area contributed by atoms with E-state index in [2.05, 4.69) is 10.2 Å². The highest BCUT2D eigenvalue weighted by molar-refractivity contribution is 14.1. The van der Waals surface area contributed by atoms with Crippen LogP contribution in [0.4, 0.5) is 32.0 Å². The molecule has 0 radical (unpaired) electrons. The first-order valence-electron chi connectivity index (χ1n) is 9.15. The van der Waals surface area contributed by atoms with Crippen molar-refractivity contribution >= 4 is 40.0 Å². The Morgan fingerprint density at radius 2 is 1.60 bits per heavy atom. The van der Waals surface area contributed by atoms with Gasteiger partial charge in [-0.1, -0.05) is 17.8 Å². The minimum atomic E-state index is -5.13. The fourth-order valence-electron chi connectivity index (χ4n) is 3.37. The van der Waals surface area contributed by atoms with Crippen LogP contribution in [0.1, 0.15) is 24.0 Å². The Morgan fingerprint density at radius 1 is 0.967 bits per heavy atom. The van der Waals surface area contributed by atoms with Crippen LogP contribution in [-0.4, -0.2) is 31.1 Å². The van der Waals surface area contributed by atoms with Crippen LogP contribution in [0.5, 0.6) is 0 Å². The zero-order chi connectivity index (χ0) is 22.1. The Balaban J connectivity index is 1.90. The molecule has 164 valence electrons. The second kappa shape index (κ2) is 9.15. The summed E-state index contributed by atoms with van der Waals surface area (Å²) in [7, 11) is 2.04. The van der Waals surface area contributed by atoms with Crippen molar-refractivity contribution in [2.45, 2.75) is 41.0 Å². The van der Waals surface area contributed by atoms with Gasteiger partial charge in [0.25, 0.3) is 0 Å². The molecule has 0 amide bonds. The van der Waals surface area contributed by atoms with Crippen molar-refractivity contribution in [2.24, 2.45) is 0 Å². The molecule has 0 spiro atoms. The van der Waals surface area contributed by atoms with Crippen LogP contribution < -0.4 is 5.32 Å². The number of benzene rings is 2. The lowest BCUT2D eigenvalue weighted by Gasteiger charge is -2.30. The lowest BCUT2D eigenvalue weighted by atomic mass is 10.1. The van der Waals surface area contributed by atoms with Crippen LogP contribution in [0, 0.1) is 3.57 Å². The van der Waals surface area contributed by atoms with Crippen molar-refractivity contribution in [2.75, 3.05) is 25.5 Å². The molecular formula is C20H19F6IN2S. The number of anilines is 1. The Kier molecular flexibility index (Phi) is 7.18. The Hall–Kier alpha value is -1.14. The third kappa shape index (κ3) is 5.76. The van der Waals surface area contributed by atoms with Gasteiger partial charge >= 0.3 is 12.4 Å². The average Bonchev–Trinajstić information content (AvgIpc) is 2.63. The van der Waals surface area contributed by atoms with Crippen molar-refractivity contribution in [1.82, 2.24) is 4.90 Å². The summed E-state index contributed by atoms with van der Waals surface area (Å²) in [5, 5.41) is 3.37. The number of rotatable bonds is 4. The van der Waals surface area contributed by atoms with Gasteiger partial charge in [-0.2, -0.15) is 26.3 Å². The molecule has 1 heterocycles. The highest BCUT2D eigenvalue weighted by Crippen LogP contribution is 2.48. The average molecular weight is 560 g/mol. The molecular weight excluding hydrogens is 541 g/mol. The second-order valence-corrected chi connectivity index (χ2v) is 9.42. The summed E-state index contributed by atoms with van der Waals surface area (Å²) in [5.74, 6) is 0. The minimum Gasteiger partial charge on any atom is -0.382 e. The van der Waals surface area contributed by atoms with E-state index in [1.165, 1.54) is 22.6 Å². The van der Waals surface area contributed by atoms with Crippen LogP contribution in [0.2, 0.25) is 0 Å². The van der Waals surface area contributed by atoms with E-state index in [1.54, 1.807) is 18.2 Å². The molecule has 1 N–H and O–H groups in total. The number of piperidine rings is 1. The summed E-state index contributed by atoms with van der Waals surface area (Å²) >= 11 is 1.98. The zero-order valence-corrected chi connectivity index (χ0v) is 18.8. The number of likely N-dealkylation sites (tertiary alicyclic amines) is 1. The van der Waals surface area contributed by atoms with Gasteiger partial charge in [0.1, 0.15) is 0 Å². The van der Waals surface area contributed by atoms with Gasteiger partial charge in [-0.3, -0.25) is 0 Å². The zero-order valence-electron chi connectivity index (χ0n) is 15.9. The number of nitrogens with one attached hydrogen (secondary N) is 1. The highest BCUT2D eigenvalue weighted by Gasteiger charge is 2.46. The molecule has 0 atom stereocenters. The van der Waals surface area contributed by atoms with Gasteiger partial charge in [0, 0.05) is 25.1 Å². The molecule has 2 aromatic carbocycles. The van der Waals surface area contributed by atoms with Gasteiger partial charge in [0.15, 0.2) is 0 Å². The standard InChI is InChI=1S/C20H19F6IN2S/c1-29-9-7-12(8-10-29)28-13-3-2-4-14(11-13)30-16-6-5-15(27)17(19(21,22)23)18(16)20(24,25)26/h2-6,11-12,28H,7-10H2,1H3. The third-order valence-electron chi connectivity index (χ3n) is 4.83. The SMILES string of the molecule is CN1CCC(Nc2cccc(Sc3ccc(I)c(C(F)(F)F)c3C(F)(F)F)c2)CC1. The number of hydrogen-bond acceptors (Lipinski definition) is 3. The minimum absolute atomic E-state index is 0.252. The van der Waals surface area contributed by atoms with Crippen molar-refractivity contribution in [3.63, 3.8) is 0 Å². The van der Waals surface area contributed by atoms with Crippen LogP contribution in [-0.2, 0) is 12.4 Å². The maximum Gasteiger partial charge on any atom is 0.418 e. The van der Waals surface area contributed by atoms with Crippen molar-refractivity contribution in [3.05, 3.63) is 51.1 Å². The topological polar surface area (TPSA) is 15.3 Å². The van der Waals surface area contributed by atoms with E-state index in [0.717, 1.165) is 43.8 Å². The molecule has 3 rings (SSSR count). The van der Waals surface area contributed by atoms with Gasteiger partial charge in [0.05, 0.1) is 11.1 Å². The summed E-state index contributed by atoms with van der Waals surface area (Å²) in [4.78, 5) is 2.19. The molecule has 0 aromatic heterocycles. The van der Waals surface area contributed by atoms with Crippen LogP contribution in [0.25, 0.3) is 0 Å². The molecule has 2 aromatic rings. The molecule has 0 saturated carbocycles. The molecule has 2 nitrogen and oxygen atoms in total. The first kappa shape index (κ1) is 23.5. The molecule has 0 unspecified atom stereocenters. The van der Waals surface area contributed by atoms with Crippen molar-refractivity contribution in [1.29, 1.82) is 0 Å².